The largest absolute Gasteiger partial charge is 1.00 e. The topological polar surface area (TPSA) is 69.6 Å². The van der Waals surface area contributed by atoms with Gasteiger partial charge in [-0.2, -0.15) is 0 Å². The minimum absolute atomic E-state index is 0. The van der Waals surface area contributed by atoms with Crippen molar-refractivity contribution >= 4 is 23.6 Å². The highest BCUT2D eigenvalue weighted by molar-refractivity contribution is 7.99. The van der Waals surface area contributed by atoms with Gasteiger partial charge in [0.1, 0.15) is 11.9 Å². The van der Waals surface area contributed by atoms with Crippen LogP contribution in [0.3, 0.4) is 0 Å². The van der Waals surface area contributed by atoms with E-state index in [1.165, 1.54) is 51.0 Å². The van der Waals surface area contributed by atoms with E-state index in [0.29, 0.717) is 6.42 Å². The first-order chi connectivity index (χ1) is 9.68. The van der Waals surface area contributed by atoms with Crippen molar-refractivity contribution in [3.8, 4) is 0 Å². The summed E-state index contributed by atoms with van der Waals surface area (Å²) in [7, 11) is 0. The second kappa shape index (κ2) is 9.54. The van der Waals surface area contributed by atoms with Crippen LogP contribution in [0.4, 0.5) is 0 Å². The van der Waals surface area contributed by atoms with Gasteiger partial charge in [0.25, 0.3) is 0 Å². The third-order valence-electron chi connectivity index (χ3n) is 4.05. The number of thioether (sulfide) groups is 1. The molecule has 0 amide bonds. The highest BCUT2D eigenvalue weighted by Gasteiger charge is 2.28. The van der Waals surface area contributed by atoms with Gasteiger partial charge in [0.2, 0.25) is 5.84 Å². The second-order valence-electron chi connectivity index (χ2n) is 5.60. The highest BCUT2D eigenvalue weighted by Crippen LogP contribution is 2.17. The molecule has 2 heterocycles. The molecule has 0 bridgehead atoms. The van der Waals surface area contributed by atoms with Crippen molar-refractivity contribution in [3.63, 3.8) is 0 Å². The Hall–Kier alpha value is -0.460. The zero-order valence-corrected chi connectivity index (χ0v) is 14.0. The summed E-state index contributed by atoms with van der Waals surface area (Å²) in [5.74, 6) is 2.41. The summed E-state index contributed by atoms with van der Waals surface area (Å²) < 4.78 is 2.56. The van der Waals surface area contributed by atoms with Crippen molar-refractivity contribution in [2.24, 2.45) is 5.73 Å². The Morgan fingerprint density at radius 2 is 2.10 bits per heavy atom. The van der Waals surface area contributed by atoms with Crippen LogP contribution in [0.5, 0.6) is 0 Å². The molecule has 3 N–H and O–H groups in total. The molecule has 0 saturated carbocycles. The minimum Gasteiger partial charge on any atom is -1.00 e. The summed E-state index contributed by atoms with van der Waals surface area (Å²) in [6, 6.07) is -0.717. The summed E-state index contributed by atoms with van der Waals surface area (Å²) in [6.07, 6.45) is 6.95. The van der Waals surface area contributed by atoms with Crippen molar-refractivity contribution in [2.75, 3.05) is 31.3 Å². The van der Waals surface area contributed by atoms with Crippen LogP contribution in [-0.4, -0.2) is 63.7 Å². The molecule has 1 unspecified atom stereocenters. The van der Waals surface area contributed by atoms with E-state index in [2.05, 4.69) is 9.48 Å². The predicted octanol–water partition coefficient (Wildman–Crippen LogP) is -1.83. The summed E-state index contributed by atoms with van der Waals surface area (Å²) in [6.45, 7) is 3.56. The number of hydrogen-bond acceptors (Lipinski definition) is 4. The van der Waals surface area contributed by atoms with Crippen molar-refractivity contribution in [1.29, 1.82) is 0 Å². The van der Waals surface area contributed by atoms with Gasteiger partial charge in [-0.15, -0.1) is 11.8 Å². The number of nitrogens with zero attached hydrogens (tertiary/aromatic N) is 2. The molecule has 0 saturated heterocycles. The SMILES string of the molecule is NC(CCSCN1CCC[N+]2=C1CCCCC2)C(=O)O.[Cl-]. The number of carbonyl (C=O) groups is 1. The maximum absolute atomic E-state index is 10.7. The molecular weight excluding hydrogens is 310 g/mol. The number of halogens is 1. The van der Waals surface area contributed by atoms with E-state index in [4.69, 9.17) is 10.8 Å². The van der Waals surface area contributed by atoms with Gasteiger partial charge in [-0.1, -0.05) is 0 Å². The molecular formula is C14H26ClN3O2S. The zero-order valence-electron chi connectivity index (χ0n) is 12.5. The zero-order chi connectivity index (χ0) is 14.4. The van der Waals surface area contributed by atoms with Crippen LogP contribution >= 0.6 is 11.8 Å². The summed E-state index contributed by atoms with van der Waals surface area (Å²) in [4.78, 5) is 13.2. The summed E-state index contributed by atoms with van der Waals surface area (Å²) in [5, 5.41) is 8.76. The molecule has 0 aromatic rings. The van der Waals surface area contributed by atoms with Gasteiger partial charge in [0.15, 0.2) is 0 Å². The molecule has 2 rings (SSSR count). The van der Waals surface area contributed by atoms with Crippen LogP contribution in [-0.2, 0) is 4.79 Å². The fourth-order valence-electron chi connectivity index (χ4n) is 2.88. The van der Waals surface area contributed by atoms with Gasteiger partial charge in [-0.3, -0.25) is 14.3 Å². The van der Waals surface area contributed by atoms with Crippen molar-refractivity contribution in [2.45, 2.75) is 44.6 Å². The van der Waals surface area contributed by atoms with Crippen LogP contribution in [0.2, 0.25) is 0 Å². The quantitative estimate of drug-likeness (QED) is 0.441. The number of amidine groups is 1. The van der Waals surface area contributed by atoms with Gasteiger partial charge >= 0.3 is 5.97 Å². The van der Waals surface area contributed by atoms with E-state index < -0.39 is 12.0 Å². The minimum atomic E-state index is -0.895. The molecule has 2 aliphatic rings. The van der Waals surface area contributed by atoms with Crippen LogP contribution in [0, 0.1) is 0 Å². The molecule has 0 aromatic carbocycles. The average Bonchev–Trinajstić information content (AvgIpc) is 2.68. The number of hydrogen-bond donors (Lipinski definition) is 2. The van der Waals surface area contributed by atoms with Gasteiger partial charge in [0.05, 0.1) is 19.6 Å². The lowest BCUT2D eigenvalue weighted by atomic mass is 10.2. The molecule has 0 radical (unpaired) electrons. The predicted molar refractivity (Wildman–Crippen MR) is 82.3 cm³/mol. The smallest absolute Gasteiger partial charge is 0.320 e. The van der Waals surface area contributed by atoms with Gasteiger partial charge in [-0.25, -0.2) is 0 Å². The lowest BCUT2D eigenvalue weighted by Crippen LogP contribution is -3.00. The molecule has 0 aromatic heterocycles. The third-order valence-corrected chi connectivity index (χ3v) is 5.07. The second-order valence-corrected chi connectivity index (χ2v) is 6.68. The van der Waals surface area contributed by atoms with Crippen molar-refractivity contribution in [1.82, 2.24) is 4.90 Å². The Bertz CT molecular complexity index is 379. The third kappa shape index (κ3) is 5.68. The van der Waals surface area contributed by atoms with E-state index >= 15 is 0 Å². The maximum Gasteiger partial charge on any atom is 0.320 e. The monoisotopic (exact) mass is 335 g/mol. The molecule has 1 atom stereocenters. The lowest BCUT2D eigenvalue weighted by Gasteiger charge is -2.26. The molecule has 5 nitrogen and oxygen atoms in total. The molecule has 0 aliphatic carbocycles. The molecule has 2 aliphatic heterocycles. The molecule has 0 fully saturated rings. The number of aliphatic carboxylic acids is 1. The standard InChI is InChI=1S/C14H25N3O2S.ClH/c15-12(14(18)19)6-10-20-11-17-9-4-8-16-7-3-1-2-5-13(16)17;/h12H,1-11,15H2;1H. The van der Waals surface area contributed by atoms with Crippen LogP contribution in [0.25, 0.3) is 0 Å². The number of carboxylic acid groups (broad SMARTS) is 1. The fourth-order valence-corrected chi connectivity index (χ4v) is 3.93. The van der Waals surface area contributed by atoms with E-state index in [1.807, 2.05) is 0 Å². The molecule has 122 valence electrons. The molecule has 0 spiro atoms. The molecule has 21 heavy (non-hydrogen) atoms. The van der Waals surface area contributed by atoms with E-state index in [-0.39, 0.29) is 12.4 Å². The Kier molecular flexibility index (Phi) is 8.44. The normalized spacial score (nSPS) is 20.3. The van der Waals surface area contributed by atoms with E-state index in [1.54, 1.807) is 11.8 Å². The first kappa shape index (κ1) is 18.6. The fraction of sp³-hybridized carbons (Fsp3) is 0.857. The highest BCUT2D eigenvalue weighted by atomic mass is 35.5. The van der Waals surface area contributed by atoms with Crippen molar-refractivity contribution < 1.29 is 26.9 Å². The van der Waals surface area contributed by atoms with Crippen LogP contribution in [0.15, 0.2) is 0 Å². The van der Waals surface area contributed by atoms with Gasteiger partial charge in [-0.05, 0) is 31.4 Å². The summed E-state index contributed by atoms with van der Waals surface area (Å²) in [5.41, 5.74) is 5.52. The van der Waals surface area contributed by atoms with Crippen LogP contribution < -0.4 is 18.1 Å². The number of rotatable bonds is 6. The Morgan fingerprint density at radius 3 is 2.86 bits per heavy atom. The first-order valence-electron chi connectivity index (χ1n) is 7.60. The maximum atomic E-state index is 10.7. The number of carboxylic acids is 1. The van der Waals surface area contributed by atoms with E-state index in [9.17, 15) is 4.79 Å². The van der Waals surface area contributed by atoms with Gasteiger partial charge < -0.3 is 23.2 Å². The lowest BCUT2D eigenvalue weighted by molar-refractivity contribution is -0.538. The summed E-state index contributed by atoms with van der Waals surface area (Å²) >= 11 is 1.80. The number of nitrogens with two attached hydrogens (primary N) is 1. The Labute approximate surface area is 137 Å². The first-order valence-corrected chi connectivity index (χ1v) is 8.76. The van der Waals surface area contributed by atoms with Crippen LogP contribution in [0.1, 0.15) is 38.5 Å². The molecule has 7 heteroatoms. The van der Waals surface area contributed by atoms with E-state index in [0.717, 1.165) is 18.2 Å². The Balaban J connectivity index is 0.00000220. The average molecular weight is 336 g/mol. The van der Waals surface area contributed by atoms with Gasteiger partial charge in [0, 0.05) is 12.8 Å². The Morgan fingerprint density at radius 1 is 1.33 bits per heavy atom. The van der Waals surface area contributed by atoms with Crippen molar-refractivity contribution in [3.05, 3.63) is 0 Å².